The van der Waals surface area contributed by atoms with Gasteiger partial charge in [-0.1, -0.05) is 41.5 Å². The highest BCUT2D eigenvalue weighted by Gasteiger charge is 2.33. The lowest BCUT2D eigenvalue weighted by Gasteiger charge is -2.29. The maximum absolute atomic E-state index is 13.4. The molecule has 5 atom stereocenters. The predicted molar refractivity (Wildman–Crippen MR) is 154 cm³/mol. The monoisotopic (exact) mass is 599 g/mol. The molecule has 15 nitrogen and oxygen atoms in total. The Hall–Kier alpha value is -3.75. The summed E-state index contributed by atoms with van der Waals surface area (Å²) in [6, 6.07) is -5.29. The zero-order valence-electron chi connectivity index (χ0n) is 25.6. The number of aliphatic carboxylic acids is 1. The maximum Gasteiger partial charge on any atom is 0.322 e. The molecule has 0 fully saturated rings. The Balaban J connectivity index is 5.87. The summed E-state index contributed by atoms with van der Waals surface area (Å²) in [6.07, 6.45) is 0.0107. The number of carboxylic acid groups (broad SMARTS) is 1. The second-order valence-electron chi connectivity index (χ2n) is 11.6. The molecule has 240 valence electrons. The van der Waals surface area contributed by atoms with Crippen molar-refractivity contribution in [1.82, 2.24) is 26.6 Å². The van der Waals surface area contributed by atoms with Gasteiger partial charge in [-0.05, 0) is 43.9 Å². The first-order chi connectivity index (χ1) is 19.3. The van der Waals surface area contributed by atoms with Crippen molar-refractivity contribution >= 4 is 41.4 Å². The van der Waals surface area contributed by atoms with Crippen molar-refractivity contribution in [2.75, 3.05) is 6.54 Å². The molecule has 0 unspecified atom stereocenters. The van der Waals surface area contributed by atoms with Gasteiger partial charge in [0.05, 0.1) is 6.04 Å². The second kappa shape index (κ2) is 18.6. The average Bonchev–Trinajstić information content (AvgIpc) is 2.85. The molecule has 0 saturated carbocycles. The summed E-state index contributed by atoms with van der Waals surface area (Å²) >= 11 is 0. The number of nitrogens with two attached hydrogens (primary N) is 2. The molecule has 6 amide bonds. The molecule has 0 saturated heterocycles. The summed E-state index contributed by atoms with van der Waals surface area (Å²) < 4.78 is 0. The Labute approximate surface area is 247 Å². The summed E-state index contributed by atoms with van der Waals surface area (Å²) in [5.41, 5.74) is 10.8. The molecule has 0 rings (SSSR count). The van der Waals surface area contributed by atoms with Crippen LogP contribution in [0.5, 0.6) is 0 Å². The van der Waals surface area contributed by atoms with Crippen LogP contribution in [0, 0.1) is 17.8 Å². The molecule has 0 spiro atoms. The minimum absolute atomic E-state index is 0.0368. The van der Waals surface area contributed by atoms with Gasteiger partial charge in [-0.15, -0.1) is 0 Å². The van der Waals surface area contributed by atoms with Gasteiger partial charge in [0.25, 0.3) is 0 Å². The van der Waals surface area contributed by atoms with E-state index in [1.165, 1.54) is 6.92 Å². The van der Waals surface area contributed by atoms with Crippen molar-refractivity contribution in [2.24, 2.45) is 29.2 Å². The molecule has 42 heavy (non-hydrogen) atoms. The van der Waals surface area contributed by atoms with Crippen LogP contribution in [0.4, 0.5) is 0 Å². The second-order valence-corrected chi connectivity index (χ2v) is 11.6. The number of amides is 6. The standard InChI is InChI=1S/C27H49N7O8/c1-13(2)10-18(25(40)31-17(8-9-20(29)35)24(39)30-12-21(36)37)33-27(42)22(15(5)6)34-26(41)19(11-14(3)4)32-23(38)16(7)28/h13-19,22H,8-12,28H2,1-7H3,(H2,29,35)(H,30,39)(H,31,40)(H,32,38)(H,33,42)(H,34,41)(H,36,37)/t16-,17-,18-,19-,22-/m0/s1. The topological polar surface area (TPSA) is 252 Å². The minimum atomic E-state index is -1.30. The summed E-state index contributed by atoms with van der Waals surface area (Å²) in [5, 5.41) is 21.4. The number of primary amides is 1. The van der Waals surface area contributed by atoms with E-state index in [0.29, 0.717) is 6.42 Å². The Kier molecular flexibility index (Phi) is 17.0. The van der Waals surface area contributed by atoms with Crippen LogP contribution < -0.4 is 38.1 Å². The predicted octanol–water partition coefficient (Wildman–Crippen LogP) is -1.51. The van der Waals surface area contributed by atoms with E-state index in [1.807, 2.05) is 27.7 Å². The fourth-order valence-corrected chi connectivity index (χ4v) is 3.87. The van der Waals surface area contributed by atoms with Crippen LogP contribution in [0.15, 0.2) is 0 Å². The van der Waals surface area contributed by atoms with Crippen molar-refractivity contribution in [1.29, 1.82) is 0 Å². The van der Waals surface area contributed by atoms with E-state index in [2.05, 4.69) is 26.6 Å². The average molecular weight is 600 g/mol. The van der Waals surface area contributed by atoms with E-state index in [-0.39, 0.29) is 31.1 Å². The highest BCUT2D eigenvalue weighted by atomic mass is 16.4. The lowest BCUT2D eigenvalue weighted by Crippen LogP contribution is -2.60. The van der Waals surface area contributed by atoms with Gasteiger partial charge in [0.1, 0.15) is 30.7 Å². The largest absolute Gasteiger partial charge is 0.480 e. The normalized spacial score (nSPS) is 14.7. The third-order valence-electron chi connectivity index (χ3n) is 6.07. The summed E-state index contributed by atoms with van der Waals surface area (Å²) in [7, 11) is 0. The zero-order valence-corrected chi connectivity index (χ0v) is 25.6. The Morgan fingerprint density at radius 3 is 1.50 bits per heavy atom. The van der Waals surface area contributed by atoms with E-state index in [0.717, 1.165) is 0 Å². The van der Waals surface area contributed by atoms with Crippen molar-refractivity contribution in [2.45, 2.75) is 104 Å². The molecule has 15 heteroatoms. The van der Waals surface area contributed by atoms with Gasteiger partial charge in [-0.25, -0.2) is 0 Å². The third kappa shape index (κ3) is 15.3. The molecule has 0 aromatic heterocycles. The summed E-state index contributed by atoms with van der Waals surface area (Å²) in [6.45, 7) is 11.6. The van der Waals surface area contributed by atoms with Crippen LogP contribution >= 0.6 is 0 Å². The van der Waals surface area contributed by atoms with Crippen LogP contribution in [0.3, 0.4) is 0 Å². The molecular weight excluding hydrogens is 550 g/mol. The highest BCUT2D eigenvalue weighted by molar-refractivity contribution is 5.96. The van der Waals surface area contributed by atoms with Crippen molar-refractivity contribution < 1.29 is 38.7 Å². The maximum atomic E-state index is 13.4. The van der Waals surface area contributed by atoms with Gasteiger partial charge in [-0.3, -0.25) is 33.6 Å². The van der Waals surface area contributed by atoms with Crippen LogP contribution in [-0.4, -0.2) is 83.3 Å². The van der Waals surface area contributed by atoms with Crippen molar-refractivity contribution in [3.05, 3.63) is 0 Å². The lowest BCUT2D eigenvalue weighted by atomic mass is 9.98. The molecule has 0 radical (unpaired) electrons. The Morgan fingerprint density at radius 2 is 1.10 bits per heavy atom. The number of hydrogen-bond acceptors (Lipinski definition) is 8. The minimum Gasteiger partial charge on any atom is -0.480 e. The van der Waals surface area contributed by atoms with Crippen molar-refractivity contribution in [3.8, 4) is 0 Å². The molecule has 0 aliphatic heterocycles. The molecule has 0 aromatic rings. The van der Waals surface area contributed by atoms with Crippen LogP contribution in [0.2, 0.25) is 0 Å². The number of nitrogens with one attached hydrogen (secondary N) is 5. The molecule has 0 aliphatic rings. The first-order valence-corrected chi connectivity index (χ1v) is 14.1. The van der Waals surface area contributed by atoms with E-state index in [9.17, 15) is 33.6 Å². The van der Waals surface area contributed by atoms with Crippen LogP contribution in [0.25, 0.3) is 0 Å². The Morgan fingerprint density at radius 1 is 0.643 bits per heavy atom. The van der Waals surface area contributed by atoms with Crippen molar-refractivity contribution in [3.63, 3.8) is 0 Å². The van der Waals surface area contributed by atoms with Gasteiger partial charge in [0, 0.05) is 6.42 Å². The number of rotatable bonds is 19. The van der Waals surface area contributed by atoms with Crippen LogP contribution in [0.1, 0.15) is 74.1 Å². The summed E-state index contributed by atoms with van der Waals surface area (Å²) in [4.78, 5) is 86.7. The molecule has 10 N–H and O–H groups in total. The highest BCUT2D eigenvalue weighted by Crippen LogP contribution is 2.11. The van der Waals surface area contributed by atoms with Gasteiger partial charge in [0.2, 0.25) is 35.4 Å². The van der Waals surface area contributed by atoms with Gasteiger partial charge in [-0.2, -0.15) is 0 Å². The van der Waals surface area contributed by atoms with E-state index >= 15 is 0 Å². The molecular formula is C27H49N7O8. The van der Waals surface area contributed by atoms with E-state index in [1.54, 1.807) is 13.8 Å². The van der Waals surface area contributed by atoms with Gasteiger partial charge >= 0.3 is 5.97 Å². The number of carbonyl (C=O) groups excluding carboxylic acids is 6. The molecule has 0 heterocycles. The Bertz CT molecular complexity index is 968. The first kappa shape index (κ1) is 38.2. The SMILES string of the molecule is CC(C)C[C@H](NC(=O)[C@H](C)N)C(=O)N[C@H](C(=O)N[C@@H](CC(C)C)C(=O)N[C@@H](CCC(N)=O)C(=O)NCC(=O)O)C(C)C. The summed E-state index contributed by atoms with van der Waals surface area (Å²) in [5.74, 6) is -5.83. The molecule has 0 aromatic carbocycles. The van der Waals surface area contributed by atoms with Gasteiger partial charge in [0.15, 0.2) is 0 Å². The van der Waals surface area contributed by atoms with Crippen LogP contribution in [-0.2, 0) is 33.6 Å². The van der Waals surface area contributed by atoms with E-state index < -0.39 is 84.1 Å². The zero-order chi connectivity index (χ0) is 32.7. The number of hydrogen-bond donors (Lipinski definition) is 8. The van der Waals surface area contributed by atoms with E-state index in [4.69, 9.17) is 16.6 Å². The number of carbonyl (C=O) groups is 7. The fourth-order valence-electron chi connectivity index (χ4n) is 3.87. The fraction of sp³-hybridized carbons (Fsp3) is 0.741. The smallest absolute Gasteiger partial charge is 0.322 e. The quantitative estimate of drug-likeness (QED) is 0.0857. The van der Waals surface area contributed by atoms with Gasteiger partial charge < -0.3 is 43.2 Å². The molecule has 0 bridgehead atoms. The lowest BCUT2D eigenvalue weighted by molar-refractivity contribution is -0.139. The number of carboxylic acids is 1. The third-order valence-corrected chi connectivity index (χ3v) is 6.07. The first-order valence-electron chi connectivity index (χ1n) is 14.1. The molecule has 0 aliphatic carbocycles.